The molecule has 1 aliphatic heterocycles. The van der Waals surface area contributed by atoms with Crippen molar-refractivity contribution in [1.29, 1.82) is 0 Å². The van der Waals surface area contributed by atoms with Gasteiger partial charge in [0.2, 0.25) is 0 Å². The van der Waals surface area contributed by atoms with E-state index >= 15 is 0 Å². The molecule has 0 aromatic carbocycles. The van der Waals surface area contributed by atoms with Crippen LogP contribution in [0.3, 0.4) is 0 Å². The van der Waals surface area contributed by atoms with Crippen LogP contribution in [-0.2, 0) is 0 Å². The lowest BCUT2D eigenvalue weighted by atomic mass is 9.83. The van der Waals surface area contributed by atoms with Gasteiger partial charge in [-0.3, -0.25) is 0 Å². The third-order valence-corrected chi connectivity index (χ3v) is 4.97. The summed E-state index contributed by atoms with van der Waals surface area (Å²) in [4.78, 5) is 2.80. The van der Waals surface area contributed by atoms with Gasteiger partial charge in [-0.25, -0.2) is 0 Å². The van der Waals surface area contributed by atoms with Crippen molar-refractivity contribution in [3.63, 3.8) is 0 Å². The first-order valence-electron chi connectivity index (χ1n) is 7.76. The number of rotatable bonds is 4. The molecule has 3 unspecified atom stereocenters. The smallest absolute Gasteiger partial charge is 0.0104 e. The summed E-state index contributed by atoms with van der Waals surface area (Å²) in [6.07, 6.45) is 11.4. The second kappa shape index (κ2) is 6.75. The molecule has 2 heteroatoms. The predicted octanol–water partition coefficient (Wildman–Crippen LogP) is 3.03. The van der Waals surface area contributed by atoms with E-state index in [1.54, 1.807) is 0 Å². The molecule has 2 fully saturated rings. The van der Waals surface area contributed by atoms with Crippen molar-refractivity contribution >= 4 is 0 Å². The standard InChI is InChI=1S/C15H30N2/c1-3-14-9-6-7-11-17(14)12-13-8-4-5-10-15(13)16-2/h13-16H,3-12H2,1-2H3. The van der Waals surface area contributed by atoms with Gasteiger partial charge in [0.15, 0.2) is 0 Å². The molecule has 0 radical (unpaired) electrons. The van der Waals surface area contributed by atoms with Gasteiger partial charge in [0.1, 0.15) is 0 Å². The summed E-state index contributed by atoms with van der Waals surface area (Å²) in [5.41, 5.74) is 0. The number of piperidine rings is 1. The van der Waals surface area contributed by atoms with Crippen LogP contribution in [0.1, 0.15) is 58.3 Å². The van der Waals surface area contributed by atoms with Gasteiger partial charge < -0.3 is 10.2 Å². The number of hydrogen-bond donors (Lipinski definition) is 1. The molecule has 1 N–H and O–H groups in total. The maximum absolute atomic E-state index is 3.55. The Kier molecular flexibility index (Phi) is 5.30. The van der Waals surface area contributed by atoms with Crippen LogP contribution in [0.5, 0.6) is 0 Å². The van der Waals surface area contributed by atoms with Crippen LogP contribution in [0.15, 0.2) is 0 Å². The van der Waals surface area contributed by atoms with Crippen LogP contribution in [0, 0.1) is 5.92 Å². The molecule has 2 rings (SSSR count). The molecule has 0 bridgehead atoms. The molecule has 0 amide bonds. The molecule has 17 heavy (non-hydrogen) atoms. The molecule has 0 aromatic rings. The number of nitrogens with one attached hydrogen (secondary N) is 1. The van der Waals surface area contributed by atoms with E-state index in [0.29, 0.717) is 0 Å². The number of hydrogen-bond acceptors (Lipinski definition) is 2. The minimum absolute atomic E-state index is 0.781. The van der Waals surface area contributed by atoms with Crippen LogP contribution in [-0.4, -0.2) is 37.1 Å². The molecule has 1 heterocycles. The van der Waals surface area contributed by atoms with Gasteiger partial charge in [-0.1, -0.05) is 26.2 Å². The van der Waals surface area contributed by atoms with Crippen LogP contribution >= 0.6 is 0 Å². The molecule has 100 valence electrons. The fourth-order valence-electron chi connectivity index (χ4n) is 3.87. The Hall–Kier alpha value is -0.0800. The highest BCUT2D eigenvalue weighted by Gasteiger charge is 2.29. The maximum atomic E-state index is 3.55. The van der Waals surface area contributed by atoms with Crippen molar-refractivity contribution in [3.05, 3.63) is 0 Å². The van der Waals surface area contributed by atoms with E-state index in [9.17, 15) is 0 Å². The molecule has 2 nitrogen and oxygen atoms in total. The topological polar surface area (TPSA) is 15.3 Å². The van der Waals surface area contributed by atoms with Crippen molar-refractivity contribution in [2.24, 2.45) is 5.92 Å². The summed E-state index contributed by atoms with van der Waals surface area (Å²) in [5, 5.41) is 3.55. The molecular formula is C15H30N2. The highest BCUT2D eigenvalue weighted by Crippen LogP contribution is 2.28. The second-order valence-corrected chi connectivity index (χ2v) is 5.99. The van der Waals surface area contributed by atoms with Crippen molar-refractivity contribution in [3.8, 4) is 0 Å². The average Bonchev–Trinajstić information content (AvgIpc) is 2.40. The monoisotopic (exact) mass is 238 g/mol. The third kappa shape index (κ3) is 3.45. The Morgan fingerprint density at radius 3 is 2.59 bits per heavy atom. The van der Waals surface area contributed by atoms with Gasteiger partial charge >= 0.3 is 0 Å². The Labute approximate surface area is 107 Å². The third-order valence-electron chi connectivity index (χ3n) is 4.97. The summed E-state index contributed by atoms with van der Waals surface area (Å²) in [6.45, 7) is 5.06. The van der Waals surface area contributed by atoms with Crippen LogP contribution in [0.4, 0.5) is 0 Å². The fourth-order valence-corrected chi connectivity index (χ4v) is 3.87. The van der Waals surface area contributed by atoms with Crippen LogP contribution in [0.2, 0.25) is 0 Å². The fraction of sp³-hybridized carbons (Fsp3) is 1.00. The van der Waals surface area contributed by atoms with Crippen LogP contribution < -0.4 is 5.32 Å². The van der Waals surface area contributed by atoms with Gasteiger partial charge in [0.05, 0.1) is 0 Å². The molecular weight excluding hydrogens is 208 g/mol. The van der Waals surface area contributed by atoms with E-state index in [-0.39, 0.29) is 0 Å². The summed E-state index contributed by atoms with van der Waals surface area (Å²) < 4.78 is 0. The normalized spacial score (nSPS) is 36.0. The Balaban J connectivity index is 1.88. The Morgan fingerprint density at radius 1 is 1.06 bits per heavy atom. The summed E-state index contributed by atoms with van der Waals surface area (Å²) in [7, 11) is 2.15. The van der Waals surface area contributed by atoms with Crippen molar-refractivity contribution < 1.29 is 0 Å². The van der Waals surface area contributed by atoms with E-state index in [4.69, 9.17) is 0 Å². The van der Waals surface area contributed by atoms with Crippen molar-refractivity contribution in [2.75, 3.05) is 20.1 Å². The van der Waals surface area contributed by atoms with Gasteiger partial charge in [-0.2, -0.15) is 0 Å². The SMILES string of the molecule is CCC1CCCCN1CC1CCCCC1NC. The first kappa shape index (κ1) is 13.4. The quantitative estimate of drug-likeness (QED) is 0.810. The first-order valence-corrected chi connectivity index (χ1v) is 7.76. The zero-order valence-corrected chi connectivity index (χ0v) is 11.8. The molecule has 1 aliphatic carbocycles. The molecule has 1 saturated heterocycles. The summed E-state index contributed by atoms with van der Waals surface area (Å²) in [5.74, 6) is 0.904. The minimum Gasteiger partial charge on any atom is -0.317 e. The Bertz CT molecular complexity index is 195. The summed E-state index contributed by atoms with van der Waals surface area (Å²) >= 11 is 0. The van der Waals surface area contributed by atoms with Crippen molar-refractivity contribution in [1.82, 2.24) is 10.2 Å². The summed E-state index contributed by atoms with van der Waals surface area (Å²) in [6, 6.07) is 1.66. The number of likely N-dealkylation sites (tertiary alicyclic amines) is 1. The minimum atomic E-state index is 0.781. The second-order valence-electron chi connectivity index (χ2n) is 5.99. The van der Waals surface area contributed by atoms with E-state index in [0.717, 1.165) is 18.0 Å². The zero-order chi connectivity index (χ0) is 12.1. The van der Waals surface area contributed by atoms with Crippen LogP contribution in [0.25, 0.3) is 0 Å². The van der Waals surface area contributed by atoms with Crippen molar-refractivity contribution in [2.45, 2.75) is 70.4 Å². The molecule has 0 aromatic heterocycles. The van der Waals surface area contributed by atoms with E-state index in [1.165, 1.54) is 64.5 Å². The van der Waals surface area contributed by atoms with E-state index in [2.05, 4.69) is 24.2 Å². The average molecular weight is 238 g/mol. The van der Waals surface area contributed by atoms with Gasteiger partial charge in [0, 0.05) is 18.6 Å². The number of nitrogens with zero attached hydrogens (tertiary/aromatic N) is 1. The lowest BCUT2D eigenvalue weighted by Gasteiger charge is -2.41. The molecule has 0 spiro atoms. The molecule has 2 aliphatic rings. The lowest BCUT2D eigenvalue weighted by Crippen LogP contribution is -2.47. The Morgan fingerprint density at radius 2 is 1.82 bits per heavy atom. The highest BCUT2D eigenvalue weighted by atomic mass is 15.2. The van der Waals surface area contributed by atoms with Gasteiger partial charge in [0.25, 0.3) is 0 Å². The lowest BCUT2D eigenvalue weighted by molar-refractivity contribution is 0.0981. The zero-order valence-electron chi connectivity index (χ0n) is 11.8. The van der Waals surface area contributed by atoms with E-state index < -0.39 is 0 Å². The van der Waals surface area contributed by atoms with Gasteiger partial charge in [-0.05, 0) is 51.6 Å². The maximum Gasteiger partial charge on any atom is 0.0104 e. The molecule has 1 saturated carbocycles. The first-order chi connectivity index (χ1) is 8.35. The predicted molar refractivity (Wildman–Crippen MR) is 74.3 cm³/mol. The van der Waals surface area contributed by atoms with Gasteiger partial charge in [-0.15, -0.1) is 0 Å². The molecule has 3 atom stereocenters. The highest BCUT2D eigenvalue weighted by molar-refractivity contribution is 4.85. The largest absolute Gasteiger partial charge is 0.317 e. The van der Waals surface area contributed by atoms with E-state index in [1.807, 2.05) is 0 Å².